The van der Waals surface area contributed by atoms with Gasteiger partial charge in [0.2, 0.25) is 0 Å². The molecule has 32 heavy (non-hydrogen) atoms. The zero-order valence-electron chi connectivity index (χ0n) is 23.5. The SMILES string of the molecule is CCCCCCCCCCN(C)CCC(CCCCCCC)CCC[SiH2]OC(C)(C)CC. The van der Waals surface area contributed by atoms with Crippen molar-refractivity contribution in [2.45, 2.75) is 162 Å². The summed E-state index contributed by atoms with van der Waals surface area (Å²) >= 11 is 0. The first-order valence-corrected chi connectivity index (χ1v) is 16.3. The lowest BCUT2D eigenvalue weighted by Gasteiger charge is -2.24. The van der Waals surface area contributed by atoms with Crippen molar-refractivity contribution >= 4 is 9.76 Å². The van der Waals surface area contributed by atoms with E-state index in [0.717, 1.165) is 12.3 Å². The van der Waals surface area contributed by atoms with Crippen LogP contribution in [0.4, 0.5) is 0 Å². The van der Waals surface area contributed by atoms with Gasteiger partial charge in [0.05, 0.1) is 0 Å². The highest BCUT2D eigenvalue weighted by molar-refractivity contribution is 6.27. The van der Waals surface area contributed by atoms with Crippen molar-refractivity contribution in [3.05, 3.63) is 0 Å². The molecule has 0 radical (unpaired) electrons. The minimum absolute atomic E-state index is 0.114. The smallest absolute Gasteiger partial charge is 0.162 e. The molecule has 0 aliphatic rings. The van der Waals surface area contributed by atoms with E-state index in [0.29, 0.717) is 0 Å². The molecule has 1 atom stereocenters. The van der Waals surface area contributed by atoms with Crippen LogP contribution in [0.15, 0.2) is 0 Å². The molecule has 194 valence electrons. The lowest BCUT2D eigenvalue weighted by atomic mass is 9.93. The van der Waals surface area contributed by atoms with E-state index in [4.69, 9.17) is 4.43 Å². The Bertz CT molecular complexity index is 374. The molecular weight excluding hydrogens is 406 g/mol. The molecule has 0 saturated carbocycles. The summed E-state index contributed by atoms with van der Waals surface area (Å²) in [5.41, 5.74) is 0.114. The van der Waals surface area contributed by atoms with Crippen LogP contribution in [0.25, 0.3) is 0 Å². The average molecular weight is 470 g/mol. The van der Waals surface area contributed by atoms with E-state index in [1.165, 1.54) is 128 Å². The van der Waals surface area contributed by atoms with Gasteiger partial charge < -0.3 is 9.33 Å². The summed E-state index contributed by atoms with van der Waals surface area (Å²) < 4.78 is 6.21. The fraction of sp³-hybridized carbons (Fsp3) is 1.00. The first kappa shape index (κ1) is 32.1. The lowest BCUT2D eigenvalue weighted by Crippen LogP contribution is -2.25. The van der Waals surface area contributed by atoms with Gasteiger partial charge >= 0.3 is 0 Å². The Balaban J connectivity index is 4.02. The van der Waals surface area contributed by atoms with E-state index in [-0.39, 0.29) is 15.4 Å². The van der Waals surface area contributed by atoms with Gasteiger partial charge in [-0.2, -0.15) is 0 Å². The van der Waals surface area contributed by atoms with Gasteiger partial charge in [-0.25, -0.2) is 0 Å². The topological polar surface area (TPSA) is 12.5 Å². The van der Waals surface area contributed by atoms with Crippen molar-refractivity contribution in [3.63, 3.8) is 0 Å². The number of unbranched alkanes of at least 4 members (excludes halogenated alkanes) is 11. The maximum atomic E-state index is 6.21. The van der Waals surface area contributed by atoms with Crippen molar-refractivity contribution in [2.75, 3.05) is 20.1 Å². The third-order valence-corrected chi connectivity index (χ3v) is 9.15. The molecule has 0 aromatic heterocycles. The van der Waals surface area contributed by atoms with Gasteiger partial charge in [-0.1, -0.05) is 117 Å². The van der Waals surface area contributed by atoms with Crippen molar-refractivity contribution in [2.24, 2.45) is 5.92 Å². The van der Waals surface area contributed by atoms with Gasteiger partial charge in [0.15, 0.2) is 9.76 Å². The Kier molecular flexibility index (Phi) is 23.0. The summed E-state index contributed by atoms with van der Waals surface area (Å²) in [5, 5.41) is 0. The van der Waals surface area contributed by atoms with E-state index in [1.807, 2.05) is 0 Å². The zero-order valence-corrected chi connectivity index (χ0v) is 24.9. The maximum Gasteiger partial charge on any atom is 0.162 e. The van der Waals surface area contributed by atoms with Gasteiger partial charge in [-0.15, -0.1) is 0 Å². The molecule has 0 spiro atoms. The van der Waals surface area contributed by atoms with Crippen LogP contribution in [0, 0.1) is 5.92 Å². The third kappa shape index (κ3) is 22.0. The number of hydrogen-bond acceptors (Lipinski definition) is 2. The minimum Gasteiger partial charge on any atom is -0.419 e. The lowest BCUT2D eigenvalue weighted by molar-refractivity contribution is 0.111. The molecule has 2 nitrogen and oxygen atoms in total. The van der Waals surface area contributed by atoms with E-state index < -0.39 is 0 Å². The van der Waals surface area contributed by atoms with Crippen LogP contribution in [0.5, 0.6) is 0 Å². The highest BCUT2D eigenvalue weighted by Gasteiger charge is 2.15. The molecule has 0 heterocycles. The molecule has 0 aliphatic heterocycles. The van der Waals surface area contributed by atoms with Gasteiger partial charge in [-0.05, 0) is 65.2 Å². The Morgan fingerprint density at radius 3 is 1.78 bits per heavy atom. The zero-order chi connectivity index (χ0) is 23.9. The van der Waals surface area contributed by atoms with E-state index in [9.17, 15) is 0 Å². The summed E-state index contributed by atoms with van der Waals surface area (Å²) in [7, 11) is 2.01. The number of hydrogen-bond donors (Lipinski definition) is 0. The normalized spacial score (nSPS) is 13.6. The Morgan fingerprint density at radius 2 is 1.19 bits per heavy atom. The second-order valence-corrected chi connectivity index (χ2v) is 12.5. The van der Waals surface area contributed by atoms with Gasteiger partial charge in [-0.3, -0.25) is 0 Å². The first-order chi connectivity index (χ1) is 15.4. The standard InChI is InChI=1S/C29H63NOSi/c1-7-10-12-14-15-16-18-20-25-30(6)26-24-28(22-19-17-13-11-8-2)23-21-27-32-31-29(4,5)9-3/h28H,7-27,32H2,1-6H3. The van der Waals surface area contributed by atoms with Crippen LogP contribution in [-0.4, -0.2) is 40.4 Å². The van der Waals surface area contributed by atoms with Crippen molar-refractivity contribution in [1.29, 1.82) is 0 Å². The van der Waals surface area contributed by atoms with E-state index in [2.05, 4.69) is 46.6 Å². The van der Waals surface area contributed by atoms with Crippen LogP contribution in [0.3, 0.4) is 0 Å². The van der Waals surface area contributed by atoms with Crippen molar-refractivity contribution in [1.82, 2.24) is 4.90 Å². The predicted octanol–water partition coefficient (Wildman–Crippen LogP) is 8.91. The largest absolute Gasteiger partial charge is 0.419 e. The van der Waals surface area contributed by atoms with Crippen LogP contribution in [0.1, 0.15) is 150 Å². The second kappa shape index (κ2) is 22.9. The third-order valence-electron chi connectivity index (χ3n) is 7.38. The minimum atomic E-state index is -0.341. The summed E-state index contributed by atoms with van der Waals surface area (Å²) in [4.78, 5) is 2.61. The van der Waals surface area contributed by atoms with Gasteiger partial charge in [0.25, 0.3) is 0 Å². The molecule has 1 unspecified atom stereocenters. The molecular formula is C29H63NOSi. The summed E-state index contributed by atoms with van der Waals surface area (Å²) in [6.07, 6.45) is 25.3. The highest BCUT2D eigenvalue weighted by Crippen LogP contribution is 2.22. The average Bonchev–Trinajstić information content (AvgIpc) is 2.78. The second-order valence-electron chi connectivity index (χ2n) is 11.1. The van der Waals surface area contributed by atoms with Crippen molar-refractivity contribution in [3.8, 4) is 0 Å². The Hall–Kier alpha value is 0.137. The van der Waals surface area contributed by atoms with E-state index >= 15 is 0 Å². The van der Waals surface area contributed by atoms with Crippen molar-refractivity contribution < 1.29 is 4.43 Å². The molecule has 0 N–H and O–H groups in total. The maximum absolute atomic E-state index is 6.21. The molecule has 0 aromatic rings. The molecule has 0 bridgehead atoms. The van der Waals surface area contributed by atoms with Gasteiger partial charge in [0.1, 0.15) is 0 Å². The van der Waals surface area contributed by atoms with E-state index in [1.54, 1.807) is 0 Å². The number of nitrogens with zero attached hydrogens (tertiary/aromatic N) is 1. The summed E-state index contributed by atoms with van der Waals surface area (Å²) in [6, 6.07) is 1.36. The molecule has 3 heteroatoms. The Labute approximate surface area is 207 Å². The summed E-state index contributed by atoms with van der Waals surface area (Å²) in [6.45, 7) is 14.0. The van der Waals surface area contributed by atoms with Crippen LogP contribution < -0.4 is 0 Å². The summed E-state index contributed by atoms with van der Waals surface area (Å²) in [5.74, 6) is 0.936. The molecule has 0 rings (SSSR count). The van der Waals surface area contributed by atoms with Gasteiger partial charge in [0, 0.05) is 5.60 Å². The molecule has 0 aromatic carbocycles. The first-order valence-electron chi connectivity index (χ1n) is 14.8. The predicted molar refractivity (Wildman–Crippen MR) is 150 cm³/mol. The monoisotopic (exact) mass is 469 g/mol. The number of rotatable bonds is 25. The fourth-order valence-corrected chi connectivity index (χ4v) is 5.88. The molecule has 0 saturated heterocycles. The highest BCUT2D eigenvalue weighted by atomic mass is 28.2. The Morgan fingerprint density at radius 1 is 0.656 bits per heavy atom. The van der Waals surface area contributed by atoms with Crippen LogP contribution in [-0.2, 0) is 4.43 Å². The molecule has 0 amide bonds. The van der Waals surface area contributed by atoms with Crippen LogP contribution >= 0.6 is 0 Å². The molecule has 0 aliphatic carbocycles. The van der Waals surface area contributed by atoms with Crippen LogP contribution in [0.2, 0.25) is 6.04 Å². The quantitative estimate of drug-likeness (QED) is 0.0977. The molecule has 0 fully saturated rings. The fourth-order valence-electron chi connectivity index (χ4n) is 4.49.